The molecule has 1 heterocycles. The van der Waals surface area contributed by atoms with Crippen LogP contribution >= 0.6 is 0 Å². The molecule has 0 radical (unpaired) electrons. The highest BCUT2D eigenvalue weighted by atomic mass is 16.5. The van der Waals surface area contributed by atoms with E-state index in [0.29, 0.717) is 24.9 Å². The van der Waals surface area contributed by atoms with Crippen molar-refractivity contribution in [1.82, 2.24) is 10.2 Å². The molecule has 0 bridgehead atoms. The maximum atomic E-state index is 13.2. The fourth-order valence-corrected chi connectivity index (χ4v) is 5.50. The van der Waals surface area contributed by atoms with Crippen LogP contribution in [0.2, 0.25) is 0 Å². The Bertz CT molecular complexity index is 741. The Morgan fingerprint density at radius 2 is 1.96 bits per heavy atom. The lowest BCUT2D eigenvalue weighted by Crippen LogP contribution is -2.56. The van der Waals surface area contributed by atoms with Crippen LogP contribution in [0.1, 0.15) is 63.9 Å². The molecule has 0 unspecified atom stereocenters. The number of carbonyl (C=O) groups is 2. The van der Waals surface area contributed by atoms with E-state index in [1.807, 2.05) is 24.3 Å². The predicted molar refractivity (Wildman–Crippen MR) is 108 cm³/mol. The minimum Gasteiger partial charge on any atom is -0.497 e. The summed E-state index contributed by atoms with van der Waals surface area (Å²) in [6, 6.07) is 8.20. The van der Waals surface area contributed by atoms with Crippen LogP contribution in [0.25, 0.3) is 0 Å². The SMILES string of the molecule is CCCN1C(=O)CC[C@]2(CNC(=O)C3(c4ccc(OC)cc4)CC3)CCC[C@@H]12. The van der Waals surface area contributed by atoms with E-state index in [1.165, 1.54) is 0 Å². The third-order valence-electron chi connectivity index (χ3n) is 7.29. The van der Waals surface area contributed by atoms with Gasteiger partial charge in [0.15, 0.2) is 0 Å². The Hall–Kier alpha value is -2.04. The van der Waals surface area contributed by atoms with Gasteiger partial charge in [-0.15, -0.1) is 0 Å². The van der Waals surface area contributed by atoms with Gasteiger partial charge in [0, 0.05) is 31.0 Å². The van der Waals surface area contributed by atoms with Crippen LogP contribution in [0.4, 0.5) is 0 Å². The van der Waals surface area contributed by atoms with E-state index in [4.69, 9.17) is 4.74 Å². The molecule has 5 nitrogen and oxygen atoms in total. The Kier molecular flexibility index (Phi) is 5.11. The summed E-state index contributed by atoms with van der Waals surface area (Å²) in [5, 5.41) is 3.31. The molecular formula is C23H32N2O3. The number of carbonyl (C=O) groups excluding carboxylic acids is 2. The molecule has 2 saturated carbocycles. The smallest absolute Gasteiger partial charge is 0.230 e. The number of ether oxygens (including phenoxy) is 1. The van der Waals surface area contributed by atoms with Gasteiger partial charge in [0.05, 0.1) is 12.5 Å². The average molecular weight is 385 g/mol. The molecule has 4 rings (SSSR count). The topological polar surface area (TPSA) is 58.6 Å². The van der Waals surface area contributed by atoms with Crippen LogP contribution in [0, 0.1) is 5.41 Å². The quantitative estimate of drug-likeness (QED) is 0.784. The summed E-state index contributed by atoms with van der Waals surface area (Å²) < 4.78 is 5.24. The summed E-state index contributed by atoms with van der Waals surface area (Å²) in [6.45, 7) is 3.67. The summed E-state index contributed by atoms with van der Waals surface area (Å²) in [5.74, 6) is 1.26. The lowest BCUT2D eigenvalue weighted by Gasteiger charge is -2.46. The molecule has 28 heavy (non-hydrogen) atoms. The molecule has 1 aromatic carbocycles. The Morgan fingerprint density at radius 3 is 2.61 bits per heavy atom. The number of nitrogens with zero attached hydrogens (tertiary/aromatic N) is 1. The van der Waals surface area contributed by atoms with Gasteiger partial charge in [-0.1, -0.05) is 25.5 Å². The van der Waals surface area contributed by atoms with E-state index in [1.54, 1.807) is 7.11 Å². The molecule has 152 valence electrons. The zero-order valence-electron chi connectivity index (χ0n) is 17.1. The van der Waals surface area contributed by atoms with E-state index in [0.717, 1.165) is 62.8 Å². The van der Waals surface area contributed by atoms with Crippen LogP contribution in [0.3, 0.4) is 0 Å². The summed E-state index contributed by atoms with van der Waals surface area (Å²) >= 11 is 0. The Labute approximate surface area is 167 Å². The number of methoxy groups -OCH3 is 1. The van der Waals surface area contributed by atoms with Crippen molar-refractivity contribution in [2.24, 2.45) is 5.41 Å². The maximum Gasteiger partial charge on any atom is 0.230 e. The first-order chi connectivity index (χ1) is 13.5. The summed E-state index contributed by atoms with van der Waals surface area (Å²) in [6.07, 6.45) is 7.67. The van der Waals surface area contributed by atoms with Gasteiger partial charge in [-0.3, -0.25) is 9.59 Å². The van der Waals surface area contributed by atoms with E-state index in [9.17, 15) is 9.59 Å². The van der Waals surface area contributed by atoms with E-state index in [2.05, 4.69) is 17.1 Å². The third kappa shape index (κ3) is 3.19. The number of hydrogen-bond acceptors (Lipinski definition) is 3. The van der Waals surface area contributed by atoms with Gasteiger partial charge in [0.1, 0.15) is 5.75 Å². The largest absolute Gasteiger partial charge is 0.497 e. The van der Waals surface area contributed by atoms with Crippen LogP contribution < -0.4 is 10.1 Å². The second kappa shape index (κ2) is 7.41. The Balaban J connectivity index is 1.46. The molecule has 5 heteroatoms. The minimum atomic E-state index is -0.370. The maximum absolute atomic E-state index is 13.2. The molecule has 3 aliphatic rings. The fraction of sp³-hybridized carbons (Fsp3) is 0.652. The molecule has 1 saturated heterocycles. The molecule has 0 spiro atoms. The van der Waals surface area contributed by atoms with Crippen molar-refractivity contribution in [1.29, 1.82) is 0 Å². The standard InChI is InChI=1S/C23H32N2O3/c1-3-15-25-19-5-4-11-22(19,12-10-20(25)26)16-24-21(27)23(13-14-23)17-6-8-18(28-2)9-7-17/h6-9,19H,3-5,10-16H2,1-2H3,(H,24,27)/t19-,22+/m1/s1. The van der Waals surface area contributed by atoms with Crippen molar-refractivity contribution in [2.75, 3.05) is 20.2 Å². The first kappa shape index (κ1) is 19.3. The second-order valence-corrected chi connectivity index (χ2v) is 8.85. The van der Waals surface area contributed by atoms with Crippen molar-refractivity contribution in [3.63, 3.8) is 0 Å². The van der Waals surface area contributed by atoms with Crippen molar-refractivity contribution in [3.05, 3.63) is 29.8 Å². The summed E-state index contributed by atoms with van der Waals surface area (Å²) in [4.78, 5) is 27.7. The van der Waals surface area contributed by atoms with Crippen LogP contribution in [0.15, 0.2) is 24.3 Å². The number of piperidine rings is 1. The molecule has 2 aliphatic carbocycles. The molecule has 1 N–H and O–H groups in total. The summed E-state index contributed by atoms with van der Waals surface area (Å²) in [5.41, 5.74) is 0.775. The second-order valence-electron chi connectivity index (χ2n) is 8.85. The molecule has 3 fully saturated rings. The van der Waals surface area contributed by atoms with Crippen molar-refractivity contribution in [3.8, 4) is 5.75 Å². The average Bonchev–Trinajstić information content (AvgIpc) is 3.43. The molecule has 2 atom stereocenters. The number of likely N-dealkylation sites (tertiary alicyclic amines) is 1. The highest BCUT2D eigenvalue weighted by Gasteiger charge is 2.54. The first-order valence-corrected chi connectivity index (χ1v) is 10.8. The van der Waals surface area contributed by atoms with Crippen molar-refractivity contribution in [2.45, 2.75) is 69.7 Å². The lowest BCUT2D eigenvalue weighted by molar-refractivity contribution is -0.142. The van der Waals surface area contributed by atoms with Gasteiger partial charge < -0.3 is 15.0 Å². The monoisotopic (exact) mass is 384 g/mol. The zero-order chi connectivity index (χ0) is 19.8. The number of nitrogens with one attached hydrogen (secondary N) is 1. The number of fused-ring (bicyclic) bond motifs is 1. The summed E-state index contributed by atoms with van der Waals surface area (Å²) in [7, 11) is 1.66. The van der Waals surface area contributed by atoms with Gasteiger partial charge in [-0.25, -0.2) is 0 Å². The lowest BCUT2D eigenvalue weighted by atomic mass is 9.74. The predicted octanol–water partition coefficient (Wildman–Crippen LogP) is 3.41. The Morgan fingerprint density at radius 1 is 1.21 bits per heavy atom. The van der Waals surface area contributed by atoms with Crippen molar-refractivity contribution < 1.29 is 14.3 Å². The number of hydrogen-bond donors (Lipinski definition) is 1. The molecule has 0 aromatic heterocycles. The van der Waals surface area contributed by atoms with E-state index < -0.39 is 0 Å². The third-order valence-corrected chi connectivity index (χ3v) is 7.29. The molecule has 1 aromatic rings. The first-order valence-electron chi connectivity index (χ1n) is 10.8. The van der Waals surface area contributed by atoms with Crippen molar-refractivity contribution >= 4 is 11.8 Å². The van der Waals surface area contributed by atoms with Gasteiger partial charge in [-0.2, -0.15) is 0 Å². The number of benzene rings is 1. The van der Waals surface area contributed by atoms with Gasteiger partial charge >= 0.3 is 0 Å². The zero-order valence-corrected chi connectivity index (χ0v) is 17.1. The van der Waals surface area contributed by atoms with E-state index >= 15 is 0 Å². The number of amides is 2. The normalized spacial score (nSPS) is 28.0. The fourth-order valence-electron chi connectivity index (χ4n) is 5.50. The number of rotatable bonds is 7. The van der Waals surface area contributed by atoms with Gasteiger partial charge in [0.25, 0.3) is 0 Å². The van der Waals surface area contributed by atoms with Crippen LogP contribution in [0.5, 0.6) is 5.75 Å². The molecule has 2 amide bonds. The van der Waals surface area contributed by atoms with E-state index in [-0.39, 0.29) is 16.7 Å². The highest BCUT2D eigenvalue weighted by molar-refractivity contribution is 5.91. The van der Waals surface area contributed by atoms with Gasteiger partial charge in [-0.05, 0) is 56.2 Å². The van der Waals surface area contributed by atoms with Gasteiger partial charge in [0.2, 0.25) is 11.8 Å². The molecule has 1 aliphatic heterocycles. The van der Waals surface area contributed by atoms with Crippen LogP contribution in [-0.4, -0.2) is 43.0 Å². The minimum absolute atomic E-state index is 0.0642. The van der Waals surface area contributed by atoms with Crippen LogP contribution in [-0.2, 0) is 15.0 Å². The highest BCUT2D eigenvalue weighted by Crippen LogP contribution is 2.50. The molecular weight excluding hydrogens is 352 g/mol.